The van der Waals surface area contributed by atoms with E-state index >= 15 is 0 Å². The molecule has 2 heterocycles. The predicted octanol–water partition coefficient (Wildman–Crippen LogP) is 2.35. The molecule has 1 aliphatic heterocycles. The summed E-state index contributed by atoms with van der Waals surface area (Å²) in [4.78, 5) is 42.9. The summed E-state index contributed by atoms with van der Waals surface area (Å²) >= 11 is 0. The molecule has 1 N–H and O–H groups in total. The van der Waals surface area contributed by atoms with Crippen LogP contribution in [0.25, 0.3) is 0 Å². The van der Waals surface area contributed by atoms with Crippen LogP contribution in [0.15, 0.2) is 42.6 Å². The van der Waals surface area contributed by atoms with Gasteiger partial charge in [-0.15, -0.1) is 0 Å². The number of urea groups is 1. The van der Waals surface area contributed by atoms with E-state index in [2.05, 4.69) is 10.3 Å². The molecule has 1 atom stereocenters. The smallest absolute Gasteiger partial charge is 0.318 e. The van der Waals surface area contributed by atoms with Crippen molar-refractivity contribution < 1.29 is 14.4 Å². The minimum atomic E-state index is -1.26. The van der Waals surface area contributed by atoms with Crippen molar-refractivity contribution in [3.05, 3.63) is 65.0 Å². The molecular formula is C19H19N3O3. The first kappa shape index (κ1) is 16.8. The van der Waals surface area contributed by atoms with E-state index in [4.69, 9.17) is 0 Å². The van der Waals surface area contributed by atoms with Gasteiger partial charge in [-0.25, -0.2) is 4.79 Å². The number of imide groups is 1. The topological polar surface area (TPSA) is 79.4 Å². The maximum Gasteiger partial charge on any atom is 0.325 e. The van der Waals surface area contributed by atoms with Crippen LogP contribution in [0.5, 0.6) is 0 Å². The summed E-state index contributed by atoms with van der Waals surface area (Å²) in [6, 6.07) is 10.1. The number of ketones is 1. The Bertz CT molecular complexity index is 863. The molecule has 1 aromatic carbocycles. The summed E-state index contributed by atoms with van der Waals surface area (Å²) in [5.74, 6) is -0.746. The minimum absolute atomic E-state index is 0.269. The highest BCUT2D eigenvalue weighted by Crippen LogP contribution is 2.27. The van der Waals surface area contributed by atoms with Gasteiger partial charge in [0, 0.05) is 11.8 Å². The second-order valence-electron chi connectivity index (χ2n) is 6.40. The molecule has 1 aromatic heterocycles. The van der Waals surface area contributed by atoms with Gasteiger partial charge in [0.1, 0.15) is 0 Å². The third-order valence-electron chi connectivity index (χ3n) is 4.45. The molecule has 0 bridgehead atoms. The van der Waals surface area contributed by atoms with Gasteiger partial charge >= 0.3 is 6.03 Å². The molecule has 0 radical (unpaired) electrons. The van der Waals surface area contributed by atoms with E-state index in [0.717, 1.165) is 16.0 Å². The van der Waals surface area contributed by atoms with Gasteiger partial charge in [-0.2, -0.15) is 0 Å². The van der Waals surface area contributed by atoms with Gasteiger partial charge < -0.3 is 5.32 Å². The molecular weight excluding hydrogens is 318 g/mol. The Morgan fingerprint density at radius 3 is 2.64 bits per heavy atom. The Labute approximate surface area is 145 Å². The lowest BCUT2D eigenvalue weighted by Crippen LogP contribution is -2.42. The monoisotopic (exact) mass is 337 g/mol. The number of aryl methyl sites for hydroxylation is 2. The van der Waals surface area contributed by atoms with Crippen molar-refractivity contribution in [3.63, 3.8) is 0 Å². The highest BCUT2D eigenvalue weighted by Gasteiger charge is 2.50. The lowest BCUT2D eigenvalue weighted by atomic mass is 9.97. The van der Waals surface area contributed by atoms with Gasteiger partial charge in [-0.05, 0) is 44.5 Å². The molecule has 0 aliphatic carbocycles. The summed E-state index contributed by atoms with van der Waals surface area (Å²) in [7, 11) is 0. The van der Waals surface area contributed by atoms with Crippen molar-refractivity contribution in [2.45, 2.75) is 26.3 Å². The second kappa shape index (κ2) is 6.12. The highest BCUT2D eigenvalue weighted by atomic mass is 16.2. The number of hydrogen-bond donors (Lipinski definition) is 1. The van der Waals surface area contributed by atoms with Gasteiger partial charge in [0.25, 0.3) is 5.91 Å². The summed E-state index contributed by atoms with van der Waals surface area (Å²) in [6.45, 7) is 5.02. The van der Waals surface area contributed by atoms with Crippen LogP contribution in [0.1, 0.15) is 34.1 Å². The molecule has 6 nitrogen and oxygen atoms in total. The Kier molecular flexibility index (Phi) is 4.12. The van der Waals surface area contributed by atoms with E-state index in [0.29, 0.717) is 11.3 Å². The number of pyridine rings is 1. The molecule has 6 heteroatoms. The van der Waals surface area contributed by atoms with Crippen molar-refractivity contribution in [2.75, 3.05) is 6.54 Å². The number of amides is 3. The number of benzene rings is 1. The number of nitrogens with zero attached hydrogens (tertiary/aromatic N) is 2. The van der Waals surface area contributed by atoms with Crippen molar-refractivity contribution in [2.24, 2.45) is 0 Å². The van der Waals surface area contributed by atoms with Gasteiger partial charge in [0.05, 0.1) is 12.2 Å². The molecule has 1 saturated heterocycles. The summed E-state index contributed by atoms with van der Waals surface area (Å²) < 4.78 is 0. The lowest BCUT2D eigenvalue weighted by Gasteiger charge is -2.20. The largest absolute Gasteiger partial charge is 0.325 e. The number of hydrogen-bond acceptors (Lipinski definition) is 4. The van der Waals surface area contributed by atoms with Crippen molar-refractivity contribution in [1.29, 1.82) is 0 Å². The van der Waals surface area contributed by atoms with Gasteiger partial charge in [0.2, 0.25) is 0 Å². The Hall–Kier alpha value is -3.02. The fourth-order valence-corrected chi connectivity index (χ4v) is 2.94. The van der Waals surface area contributed by atoms with Crippen molar-refractivity contribution >= 4 is 17.7 Å². The zero-order chi connectivity index (χ0) is 18.2. The zero-order valence-electron chi connectivity index (χ0n) is 14.4. The molecule has 3 rings (SSSR count). The van der Waals surface area contributed by atoms with Crippen LogP contribution in [0.3, 0.4) is 0 Å². The number of carbonyl (C=O) groups is 3. The fourth-order valence-electron chi connectivity index (χ4n) is 2.94. The number of rotatable bonds is 4. The average Bonchev–Trinajstić information content (AvgIpc) is 2.82. The predicted molar refractivity (Wildman–Crippen MR) is 92.1 cm³/mol. The number of aromatic nitrogens is 1. The second-order valence-corrected chi connectivity index (χ2v) is 6.40. The van der Waals surface area contributed by atoms with Crippen molar-refractivity contribution in [3.8, 4) is 0 Å². The Balaban J connectivity index is 1.86. The van der Waals surface area contributed by atoms with E-state index in [1.54, 1.807) is 37.4 Å². The lowest BCUT2D eigenvalue weighted by molar-refractivity contribution is -0.130. The fraction of sp³-hybridized carbons (Fsp3) is 0.263. The van der Waals surface area contributed by atoms with Crippen LogP contribution in [-0.2, 0) is 10.3 Å². The van der Waals surface area contributed by atoms with Crippen molar-refractivity contribution in [1.82, 2.24) is 15.2 Å². The van der Waals surface area contributed by atoms with E-state index in [-0.39, 0.29) is 12.3 Å². The molecule has 3 amide bonds. The summed E-state index contributed by atoms with van der Waals surface area (Å²) in [5.41, 5.74) is 1.46. The molecule has 1 fully saturated rings. The molecule has 1 aliphatic rings. The van der Waals surface area contributed by atoms with Crippen LogP contribution in [0.2, 0.25) is 0 Å². The van der Waals surface area contributed by atoms with E-state index in [1.165, 1.54) is 0 Å². The molecule has 25 heavy (non-hydrogen) atoms. The Morgan fingerprint density at radius 2 is 1.96 bits per heavy atom. The molecule has 128 valence electrons. The van der Waals surface area contributed by atoms with Crippen LogP contribution in [-0.4, -0.2) is 34.2 Å². The van der Waals surface area contributed by atoms with Crippen LogP contribution in [0, 0.1) is 13.8 Å². The first-order chi connectivity index (χ1) is 11.8. The third-order valence-corrected chi connectivity index (χ3v) is 4.45. The Morgan fingerprint density at radius 1 is 1.20 bits per heavy atom. The maximum absolute atomic E-state index is 12.8. The first-order valence-corrected chi connectivity index (χ1v) is 7.99. The first-order valence-electron chi connectivity index (χ1n) is 7.99. The average molecular weight is 337 g/mol. The zero-order valence-corrected chi connectivity index (χ0v) is 14.4. The summed E-state index contributed by atoms with van der Waals surface area (Å²) in [5, 5.41) is 2.65. The molecule has 0 spiro atoms. The van der Waals surface area contributed by atoms with E-state index in [1.807, 2.05) is 26.0 Å². The molecule has 0 unspecified atom stereocenters. The standard InChI is InChI=1S/C19H19N3O3/c1-12-7-8-13(2)14(10-12)15(23)11-22-17(24)19(3,21-18(22)25)16-6-4-5-9-20-16/h4-10H,11H2,1-3H3,(H,21,25)/t19-/m0/s1. The highest BCUT2D eigenvalue weighted by molar-refractivity contribution is 6.11. The quantitative estimate of drug-likeness (QED) is 0.686. The van der Waals surface area contributed by atoms with Crippen LogP contribution >= 0.6 is 0 Å². The number of Topliss-reactive ketones (excluding diaryl/α,β-unsaturated/α-hetero) is 1. The number of carbonyl (C=O) groups excluding carboxylic acids is 3. The maximum atomic E-state index is 12.8. The van der Waals surface area contributed by atoms with Crippen LogP contribution < -0.4 is 5.32 Å². The third kappa shape index (κ3) is 2.91. The number of nitrogens with one attached hydrogen (secondary N) is 1. The van der Waals surface area contributed by atoms with Gasteiger partial charge in [0.15, 0.2) is 11.3 Å². The van der Waals surface area contributed by atoms with Gasteiger partial charge in [-0.1, -0.05) is 23.8 Å². The minimum Gasteiger partial charge on any atom is -0.318 e. The van der Waals surface area contributed by atoms with Crippen LogP contribution in [0.4, 0.5) is 4.79 Å². The van der Waals surface area contributed by atoms with E-state index < -0.39 is 17.5 Å². The molecule has 2 aromatic rings. The molecule has 0 saturated carbocycles. The summed E-state index contributed by atoms with van der Waals surface area (Å²) in [6.07, 6.45) is 1.56. The normalized spacial score (nSPS) is 19.9. The SMILES string of the molecule is Cc1ccc(C)c(C(=O)CN2C(=O)N[C@@](C)(c3ccccn3)C2=O)c1. The van der Waals surface area contributed by atoms with Gasteiger partial charge in [-0.3, -0.25) is 19.5 Å². The van der Waals surface area contributed by atoms with E-state index in [9.17, 15) is 14.4 Å².